The van der Waals surface area contributed by atoms with E-state index in [0.29, 0.717) is 0 Å². The van der Waals surface area contributed by atoms with Gasteiger partial charge in [0.05, 0.1) is 0 Å². The van der Waals surface area contributed by atoms with E-state index in [2.05, 4.69) is 9.47 Å². The monoisotopic (exact) mass is 273 g/mol. The third-order valence-corrected chi connectivity index (χ3v) is 1.43. The predicted molar refractivity (Wildman–Crippen MR) is 35.3 cm³/mol. The van der Waals surface area contributed by atoms with Gasteiger partial charge in [-0.3, -0.25) is 4.74 Å². The number of hydrogen-bond donors (Lipinski definition) is 0. The molecule has 0 saturated carbocycles. The van der Waals surface area contributed by atoms with E-state index in [1.165, 1.54) is 0 Å². The van der Waals surface area contributed by atoms with Crippen LogP contribution in [-0.4, -0.2) is 37.2 Å². The third kappa shape index (κ3) is 3.17. The lowest BCUT2D eigenvalue weighted by Gasteiger charge is -2.29. The lowest BCUT2D eigenvalue weighted by molar-refractivity contribution is -0.374. The fourth-order valence-corrected chi connectivity index (χ4v) is 0.759. The van der Waals surface area contributed by atoms with Gasteiger partial charge in [-0.1, -0.05) is 0 Å². The molecule has 0 aromatic heterocycles. The molecule has 1 rings (SSSR count). The van der Waals surface area contributed by atoms with Crippen LogP contribution in [0.25, 0.3) is 0 Å². The molecule has 0 radical (unpaired) electrons. The Bertz CT molecular complexity index is 324. The Hall–Kier alpha value is -1.13. The molecule has 0 fully saturated rings. The van der Waals surface area contributed by atoms with Gasteiger partial charge < -0.3 is 4.74 Å². The summed E-state index contributed by atoms with van der Waals surface area (Å²) < 4.78 is 103. The number of hydrogen-bond acceptors (Lipinski definition) is 3. The molecule has 1 aliphatic heterocycles. The lowest BCUT2D eigenvalue weighted by atomic mass is 10.4. The maximum absolute atomic E-state index is 12.6. The molecule has 0 spiro atoms. The van der Waals surface area contributed by atoms with Crippen LogP contribution in [0.1, 0.15) is 0 Å². The molecular formula is C6H3F8NO2. The van der Waals surface area contributed by atoms with Gasteiger partial charge in [-0.25, -0.2) is 4.39 Å². The SMILES string of the molecule is FC1OC(F)(F)C(F)(F)N=C1OCC(F)(F)F. The summed E-state index contributed by atoms with van der Waals surface area (Å²) in [5.74, 6) is -1.89. The van der Waals surface area contributed by atoms with Crippen molar-refractivity contribution in [3.63, 3.8) is 0 Å². The zero-order valence-electron chi connectivity index (χ0n) is 7.57. The molecule has 11 heteroatoms. The topological polar surface area (TPSA) is 30.8 Å². The molecule has 100 valence electrons. The second kappa shape index (κ2) is 3.96. The summed E-state index contributed by atoms with van der Waals surface area (Å²) in [5, 5.41) is 0. The highest BCUT2D eigenvalue weighted by Gasteiger charge is 2.64. The minimum atomic E-state index is -5.25. The van der Waals surface area contributed by atoms with E-state index in [4.69, 9.17) is 0 Å². The summed E-state index contributed by atoms with van der Waals surface area (Å²) in [6.07, 6.45) is -13.5. The van der Waals surface area contributed by atoms with Crippen molar-refractivity contribution in [3.05, 3.63) is 0 Å². The fourth-order valence-electron chi connectivity index (χ4n) is 0.759. The molecule has 0 saturated heterocycles. The molecular weight excluding hydrogens is 270 g/mol. The van der Waals surface area contributed by atoms with Crippen LogP contribution in [0.2, 0.25) is 0 Å². The van der Waals surface area contributed by atoms with Crippen LogP contribution < -0.4 is 0 Å². The number of halogens is 8. The smallest absolute Gasteiger partial charge is 0.445 e. The largest absolute Gasteiger partial charge is 0.467 e. The average molecular weight is 273 g/mol. The fraction of sp³-hybridized carbons (Fsp3) is 0.833. The summed E-state index contributed by atoms with van der Waals surface area (Å²) in [6.45, 7) is -2.16. The van der Waals surface area contributed by atoms with Crippen molar-refractivity contribution in [2.45, 2.75) is 24.7 Å². The number of ether oxygens (including phenoxy) is 2. The first-order chi connectivity index (χ1) is 7.45. The molecule has 17 heavy (non-hydrogen) atoms. The highest BCUT2D eigenvalue weighted by Crippen LogP contribution is 2.41. The Kier molecular flexibility index (Phi) is 3.25. The van der Waals surface area contributed by atoms with Crippen molar-refractivity contribution in [1.82, 2.24) is 0 Å². The maximum Gasteiger partial charge on any atom is 0.445 e. The first-order valence-electron chi connectivity index (χ1n) is 3.81. The molecule has 1 aliphatic rings. The Labute approximate surface area is 88.0 Å². The maximum atomic E-state index is 12.6. The number of rotatable bonds is 1. The zero-order chi connectivity index (χ0) is 13.5. The first kappa shape index (κ1) is 13.9. The minimum absolute atomic E-state index is 1.76. The van der Waals surface area contributed by atoms with Crippen molar-refractivity contribution in [3.8, 4) is 0 Å². The lowest BCUT2D eigenvalue weighted by Crippen LogP contribution is -2.50. The van der Waals surface area contributed by atoms with Crippen LogP contribution in [0.4, 0.5) is 35.1 Å². The van der Waals surface area contributed by atoms with Gasteiger partial charge >= 0.3 is 18.3 Å². The van der Waals surface area contributed by atoms with Crippen LogP contribution in [0.15, 0.2) is 4.99 Å². The van der Waals surface area contributed by atoms with Crippen LogP contribution >= 0.6 is 0 Å². The summed E-state index contributed by atoms with van der Waals surface area (Å²) in [4.78, 5) is 1.76. The Morgan fingerprint density at radius 1 is 1.24 bits per heavy atom. The molecule has 1 heterocycles. The van der Waals surface area contributed by atoms with Crippen molar-refractivity contribution >= 4 is 5.90 Å². The molecule has 0 aromatic rings. The first-order valence-corrected chi connectivity index (χ1v) is 3.81. The van der Waals surface area contributed by atoms with Gasteiger partial charge in [0.2, 0.25) is 0 Å². The number of alkyl halides is 8. The molecule has 0 aromatic carbocycles. The van der Waals surface area contributed by atoms with Gasteiger partial charge in [0.1, 0.15) is 0 Å². The van der Waals surface area contributed by atoms with Gasteiger partial charge in [-0.15, -0.1) is 0 Å². The van der Waals surface area contributed by atoms with E-state index < -0.39 is 37.2 Å². The van der Waals surface area contributed by atoms with E-state index in [1.807, 2.05) is 0 Å². The second-order valence-corrected chi connectivity index (χ2v) is 2.85. The third-order valence-electron chi connectivity index (χ3n) is 1.43. The highest BCUT2D eigenvalue weighted by atomic mass is 19.4. The van der Waals surface area contributed by atoms with Crippen molar-refractivity contribution in [2.75, 3.05) is 6.61 Å². The quantitative estimate of drug-likeness (QED) is 0.542. The molecule has 3 nitrogen and oxygen atoms in total. The van der Waals surface area contributed by atoms with Gasteiger partial charge in [-0.05, 0) is 0 Å². The summed E-state index contributed by atoms with van der Waals surface area (Å²) >= 11 is 0. The molecule has 0 amide bonds. The van der Waals surface area contributed by atoms with Gasteiger partial charge in [0.15, 0.2) is 6.61 Å². The normalized spacial score (nSPS) is 27.5. The van der Waals surface area contributed by atoms with Gasteiger partial charge in [0, 0.05) is 0 Å². The van der Waals surface area contributed by atoms with E-state index in [0.717, 1.165) is 0 Å². The van der Waals surface area contributed by atoms with Crippen LogP contribution in [0.5, 0.6) is 0 Å². The second-order valence-electron chi connectivity index (χ2n) is 2.85. The molecule has 0 bridgehead atoms. The van der Waals surface area contributed by atoms with E-state index in [9.17, 15) is 35.1 Å². The summed E-state index contributed by atoms with van der Waals surface area (Å²) in [7, 11) is 0. The van der Waals surface area contributed by atoms with Gasteiger partial charge in [-0.2, -0.15) is 35.7 Å². The number of aliphatic imine (C=N–C) groups is 1. The summed E-state index contributed by atoms with van der Waals surface area (Å²) in [5.41, 5.74) is 0. The zero-order valence-corrected chi connectivity index (χ0v) is 7.57. The highest BCUT2D eigenvalue weighted by molar-refractivity contribution is 5.80. The van der Waals surface area contributed by atoms with Crippen molar-refractivity contribution < 1.29 is 44.6 Å². The summed E-state index contributed by atoms with van der Waals surface area (Å²) in [6, 6.07) is -5.20. The van der Waals surface area contributed by atoms with Crippen molar-refractivity contribution in [2.24, 2.45) is 4.99 Å². The molecule has 0 aliphatic carbocycles. The van der Waals surface area contributed by atoms with E-state index in [1.54, 1.807) is 4.99 Å². The molecule has 1 atom stereocenters. The van der Waals surface area contributed by atoms with E-state index >= 15 is 0 Å². The molecule has 0 N–H and O–H groups in total. The van der Waals surface area contributed by atoms with E-state index in [-0.39, 0.29) is 0 Å². The predicted octanol–water partition coefficient (Wildman–Crippen LogP) is 2.48. The minimum Gasteiger partial charge on any atom is -0.467 e. The van der Waals surface area contributed by atoms with Gasteiger partial charge in [0.25, 0.3) is 12.3 Å². The average Bonchev–Trinajstić information content (AvgIpc) is 2.07. The van der Waals surface area contributed by atoms with Crippen LogP contribution in [0.3, 0.4) is 0 Å². The standard InChI is InChI=1S/C6H3F8NO2/c7-2-3(16-1-4(8,9)10)15-5(11,12)6(13,14)17-2/h2H,1H2. The Balaban J connectivity index is 2.83. The molecule has 1 unspecified atom stereocenters. The number of nitrogens with zero attached hydrogens (tertiary/aromatic N) is 1. The van der Waals surface area contributed by atoms with Crippen LogP contribution in [-0.2, 0) is 9.47 Å². The Morgan fingerprint density at radius 2 is 1.76 bits per heavy atom. The van der Waals surface area contributed by atoms with Crippen molar-refractivity contribution in [1.29, 1.82) is 0 Å². The van der Waals surface area contributed by atoms with Crippen LogP contribution in [0, 0.1) is 0 Å². The Morgan fingerprint density at radius 3 is 2.24 bits per heavy atom.